The lowest BCUT2D eigenvalue weighted by atomic mass is 10.1. The molecule has 1 fully saturated rings. The fourth-order valence-electron chi connectivity index (χ4n) is 2.74. The van der Waals surface area contributed by atoms with Gasteiger partial charge >= 0.3 is 0 Å². The number of carbonyl (C=O) groups is 1. The van der Waals surface area contributed by atoms with E-state index >= 15 is 0 Å². The number of benzene rings is 1. The second-order valence-corrected chi connectivity index (χ2v) is 7.51. The first-order valence-corrected chi connectivity index (χ1v) is 9.23. The normalized spacial score (nSPS) is 17.5. The second-order valence-electron chi connectivity index (χ2n) is 6.36. The summed E-state index contributed by atoms with van der Waals surface area (Å²) < 4.78 is 0. The molecule has 0 N–H and O–H groups in total. The molecule has 1 aliphatic rings. The van der Waals surface area contributed by atoms with Crippen molar-refractivity contribution in [2.24, 2.45) is 0 Å². The molecule has 0 aliphatic carbocycles. The molecule has 0 unspecified atom stereocenters. The van der Waals surface area contributed by atoms with E-state index < -0.39 is 0 Å². The van der Waals surface area contributed by atoms with Crippen LogP contribution in [-0.2, 0) is 11.3 Å². The molecule has 1 aromatic rings. The maximum absolute atomic E-state index is 12.7. The van der Waals surface area contributed by atoms with Crippen molar-refractivity contribution in [3.63, 3.8) is 0 Å². The van der Waals surface area contributed by atoms with Crippen LogP contribution in [0.1, 0.15) is 31.4 Å². The molecule has 0 radical (unpaired) electrons. The summed E-state index contributed by atoms with van der Waals surface area (Å²) in [6.45, 7) is 5.16. The minimum absolute atomic E-state index is 0.157. The first-order valence-electron chi connectivity index (χ1n) is 8.07. The van der Waals surface area contributed by atoms with Crippen molar-refractivity contribution in [2.75, 3.05) is 25.1 Å². The molecule has 0 bridgehead atoms. The topological polar surface area (TPSA) is 47.3 Å². The van der Waals surface area contributed by atoms with Crippen molar-refractivity contribution in [2.45, 2.75) is 38.9 Å². The molecule has 2 rings (SSSR count). The number of thioether (sulfide) groups is 1. The van der Waals surface area contributed by atoms with E-state index in [1.807, 2.05) is 42.6 Å². The first kappa shape index (κ1) is 17.8. The second kappa shape index (κ2) is 8.37. The minimum Gasteiger partial charge on any atom is -0.335 e. The maximum atomic E-state index is 12.7. The molecular formula is C18H25N3OS. The fourth-order valence-corrected chi connectivity index (χ4v) is 4.04. The number of hydrogen-bond acceptors (Lipinski definition) is 4. The fraction of sp³-hybridized carbons (Fsp3) is 0.556. The molecule has 124 valence electrons. The number of rotatable bonds is 6. The first-order chi connectivity index (χ1) is 11.0. The van der Waals surface area contributed by atoms with E-state index in [1.54, 1.807) is 12.1 Å². The Morgan fingerprint density at radius 3 is 2.61 bits per heavy atom. The SMILES string of the molecule is CC(C)N(Cc1ccc(C#N)cc1)C(=O)CN(C)[C@H]1CCSC1. The smallest absolute Gasteiger partial charge is 0.237 e. The Kier molecular flexibility index (Phi) is 6.49. The van der Waals surface area contributed by atoms with Gasteiger partial charge in [0, 0.05) is 24.4 Å². The summed E-state index contributed by atoms with van der Waals surface area (Å²) in [7, 11) is 2.05. The van der Waals surface area contributed by atoms with E-state index in [9.17, 15) is 4.79 Å². The van der Waals surface area contributed by atoms with Gasteiger partial charge in [-0.05, 0) is 50.8 Å². The van der Waals surface area contributed by atoms with Gasteiger partial charge in [0.2, 0.25) is 5.91 Å². The predicted molar refractivity (Wildman–Crippen MR) is 95.2 cm³/mol. The molecule has 0 spiro atoms. The number of carbonyl (C=O) groups excluding carboxylic acids is 1. The van der Waals surface area contributed by atoms with E-state index in [-0.39, 0.29) is 11.9 Å². The van der Waals surface area contributed by atoms with Crippen molar-refractivity contribution in [1.29, 1.82) is 5.26 Å². The predicted octanol–water partition coefficient (Wildman–Crippen LogP) is 2.73. The molecule has 1 aliphatic heterocycles. The highest BCUT2D eigenvalue weighted by Crippen LogP contribution is 2.21. The van der Waals surface area contributed by atoms with Crippen molar-refractivity contribution in [3.05, 3.63) is 35.4 Å². The van der Waals surface area contributed by atoms with Crippen molar-refractivity contribution < 1.29 is 4.79 Å². The van der Waals surface area contributed by atoms with Crippen LogP contribution in [0, 0.1) is 11.3 Å². The van der Waals surface area contributed by atoms with Gasteiger partial charge in [0.1, 0.15) is 0 Å². The Balaban J connectivity index is 1.98. The molecule has 4 nitrogen and oxygen atoms in total. The molecule has 5 heteroatoms. The monoisotopic (exact) mass is 331 g/mol. The van der Waals surface area contributed by atoms with Crippen LogP contribution in [0.4, 0.5) is 0 Å². The third-order valence-corrected chi connectivity index (χ3v) is 5.44. The molecule has 1 amide bonds. The molecule has 0 saturated carbocycles. The van der Waals surface area contributed by atoms with Crippen molar-refractivity contribution in [1.82, 2.24) is 9.80 Å². The highest BCUT2D eigenvalue weighted by Gasteiger charge is 2.24. The van der Waals surface area contributed by atoms with Gasteiger partial charge < -0.3 is 4.90 Å². The van der Waals surface area contributed by atoms with E-state index in [0.29, 0.717) is 24.7 Å². The molecule has 1 heterocycles. The van der Waals surface area contributed by atoms with Gasteiger partial charge in [0.15, 0.2) is 0 Å². The van der Waals surface area contributed by atoms with Crippen LogP contribution in [0.15, 0.2) is 24.3 Å². The highest BCUT2D eigenvalue weighted by atomic mass is 32.2. The average Bonchev–Trinajstić information content (AvgIpc) is 3.07. The van der Waals surface area contributed by atoms with Gasteiger partial charge in [-0.3, -0.25) is 9.69 Å². The van der Waals surface area contributed by atoms with Gasteiger partial charge in [-0.15, -0.1) is 0 Å². The Labute approximate surface area is 143 Å². The summed E-state index contributed by atoms with van der Waals surface area (Å²) >= 11 is 1.97. The van der Waals surface area contributed by atoms with Crippen LogP contribution >= 0.6 is 11.8 Å². The van der Waals surface area contributed by atoms with Crippen LogP contribution in [0.3, 0.4) is 0 Å². The Hall–Kier alpha value is -1.51. The zero-order chi connectivity index (χ0) is 16.8. The zero-order valence-electron chi connectivity index (χ0n) is 14.2. The zero-order valence-corrected chi connectivity index (χ0v) is 15.0. The van der Waals surface area contributed by atoms with E-state index in [1.165, 1.54) is 12.2 Å². The van der Waals surface area contributed by atoms with Crippen LogP contribution in [0.25, 0.3) is 0 Å². The number of likely N-dealkylation sites (N-methyl/N-ethyl adjacent to an activating group) is 1. The summed E-state index contributed by atoms with van der Waals surface area (Å²) in [4.78, 5) is 16.8. The molecule has 23 heavy (non-hydrogen) atoms. The van der Waals surface area contributed by atoms with Crippen LogP contribution in [-0.4, -0.2) is 52.9 Å². The lowest BCUT2D eigenvalue weighted by Gasteiger charge is -2.31. The van der Waals surface area contributed by atoms with Gasteiger partial charge in [0.05, 0.1) is 18.2 Å². The lowest BCUT2D eigenvalue weighted by Crippen LogP contribution is -2.45. The number of nitrogens with zero attached hydrogens (tertiary/aromatic N) is 3. The van der Waals surface area contributed by atoms with E-state index in [2.05, 4.69) is 18.0 Å². The standard InChI is InChI=1S/C18H25N3OS/c1-14(2)21(11-16-6-4-15(10-19)5-7-16)18(22)12-20(3)17-8-9-23-13-17/h4-7,14,17H,8-9,11-13H2,1-3H3/t17-/m0/s1. The van der Waals surface area contributed by atoms with Crippen LogP contribution in [0.5, 0.6) is 0 Å². The molecule has 0 aromatic heterocycles. The van der Waals surface area contributed by atoms with Gasteiger partial charge in [0.25, 0.3) is 0 Å². The quantitative estimate of drug-likeness (QED) is 0.804. The summed E-state index contributed by atoms with van der Waals surface area (Å²) in [5.74, 6) is 2.49. The minimum atomic E-state index is 0.157. The van der Waals surface area contributed by atoms with E-state index in [0.717, 1.165) is 11.3 Å². The summed E-state index contributed by atoms with van der Waals surface area (Å²) in [5, 5.41) is 8.87. The van der Waals surface area contributed by atoms with Crippen LogP contribution < -0.4 is 0 Å². The summed E-state index contributed by atoms with van der Waals surface area (Å²) in [6.07, 6.45) is 1.17. The third kappa shape index (κ3) is 4.98. The summed E-state index contributed by atoms with van der Waals surface area (Å²) in [5.41, 5.74) is 1.71. The number of amides is 1. The van der Waals surface area contributed by atoms with Gasteiger partial charge in [-0.2, -0.15) is 17.0 Å². The van der Waals surface area contributed by atoms with E-state index in [4.69, 9.17) is 5.26 Å². The van der Waals surface area contributed by atoms with Crippen molar-refractivity contribution >= 4 is 17.7 Å². The van der Waals surface area contributed by atoms with Gasteiger partial charge in [-0.1, -0.05) is 12.1 Å². The third-order valence-electron chi connectivity index (χ3n) is 4.29. The van der Waals surface area contributed by atoms with Gasteiger partial charge in [-0.25, -0.2) is 0 Å². The average molecular weight is 331 g/mol. The highest BCUT2D eigenvalue weighted by molar-refractivity contribution is 7.99. The number of hydrogen-bond donors (Lipinski definition) is 0. The Morgan fingerprint density at radius 2 is 2.09 bits per heavy atom. The molecule has 1 aromatic carbocycles. The molecular weight excluding hydrogens is 306 g/mol. The number of nitriles is 1. The Bertz CT molecular complexity index is 559. The molecule has 1 atom stereocenters. The largest absolute Gasteiger partial charge is 0.335 e. The van der Waals surface area contributed by atoms with Crippen molar-refractivity contribution in [3.8, 4) is 6.07 Å². The molecule has 1 saturated heterocycles. The lowest BCUT2D eigenvalue weighted by molar-refractivity contribution is -0.134. The van der Waals surface area contributed by atoms with Crippen LogP contribution in [0.2, 0.25) is 0 Å². The Morgan fingerprint density at radius 1 is 1.39 bits per heavy atom. The maximum Gasteiger partial charge on any atom is 0.237 e. The summed E-state index contributed by atoms with van der Waals surface area (Å²) in [6, 6.07) is 10.3.